The molecular formula is C20H20N4O3S. The van der Waals surface area contributed by atoms with Gasteiger partial charge in [-0.05, 0) is 48.9 Å². The molecular weight excluding hydrogens is 376 g/mol. The van der Waals surface area contributed by atoms with Gasteiger partial charge in [-0.15, -0.1) is 10.2 Å². The van der Waals surface area contributed by atoms with Gasteiger partial charge in [0.2, 0.25) is 4.96 Å². The molecule has 2 heterocycles. The van der Waals surface area contributed by atoms with Gasteiger partial charge in [0.25, 0.3) is 0 Å². The first-order valence-corrected chi connectivity index (χ1v) is 9.68. The Morgan fingerprint density at radius 1 is 0.964 bits per heavy atom. The van der Waals surface area contributed by atoms with Crippen LogP contribution in [0.25, 0.3) is 15.5 Å². The van der Waals surface area contributed by atoms with Gasteiger partial charge in [0.05, 0.1) is 20.8 Å². The summed E-state index contributed by atoms with van der Waals surface area (Å²) in [5.74, 6) is 3.01. The summed E-state index contributed by atoms with van der Waals surface area (Å²) >= 11 is 1.51. The van der Waals surface area contributed by atoms with Crippen molar-refractivity contribution in [3.8, 4) is 27.8 Å². The van der Waals surface area contributed by atoms with Gasteiger partial charge in [0.15, 0.2) is 17.3 Å². The number of benzene rings is 2. The standard InChI is InChI=1S/C20H20N4O3S/c1-4-27-15-8-6-14(7-9-15)19-23-24-18(21-22-20(24)28-19)12-13-5-10-16(25-2)17(11-13)26-3/h5-11H,4,12H2,1-3H3. The van der Waals surface area contributed by atoms with E-state index in [2.05, 4.69) is 10.2 Å². The second-order valence-electron chi connectivity index (χ2n) is 6.04. The summed E-state index contributed by atoms with van der Waals surface area (Å²) in [5.41, 5.74) is 2.07. The Bertz CT molecular complexity index is 1090. The van der Waals surface area contributed by atoms with Crippen LogP contribution >= 0.6 is 11.3 Å². The molecule has 8 heteroatoms. The number of ether oxygens (including phenoxy) is 3. The van der Waals surface area contributed by atoms with Crippen molar-refractivity contribution in [1.82, 2.24) is 19.8 Å². The van der Waals surface area contributed by atoms with E-state index in [1.165, 1.54) is 11.3 Å². The molecule has 4 rings (SSSR count). The van der Waals surface area contributed by atoms with Crippen LogP contribution in [0.3, 0.4) is 0 Å². The first-order chi connectivity index (χ1) is 13.7. The maximum Gasteiger partial charge on any atom is 0.234 e. The smallest absolute Gasteiger partial charge is 0.234 e. The van der Waals surface area contributed by atoms with Crippen molar-refractivity contribution in [3.63, 3.8) is 0 Å². The Balaban J connectivity index is 1.61. The van der Waals surface area contributed by atoms with Gasteiger partial charge in [-0.25, -0.2) is 0 Å². The molecule has 0 aliphatic rings. The van der Waals surface area contributed by atoms with E-state index >= 15 is 0 Å². The minimum Gasteiger partial charge on any atom is -0.494 e. The molecule has 2 aromatic carbocycles. The van der Waals surface area contributed by atoms with E-state index in [-0.39, 0.29) is 0 Å². The van der Waals surface area contributed by atoms with Gasteiger partial charge >= 0.3 is 0 Å². The fourth-order valence-corrected chi connectivity index (χ4v) is 3.78. The molecule has 0 N–H and O–H groups in total. The van der Waals surface area contributed by atoms with E-state index in [0.29, 0.717) is 24.5 Å². The zero-order valence-corrected chi connectivity index (χ0v) is 16.7. The van der Waals surface area contributed by atoms with Gasteiger partial charge in [-0.2, -0.15) is 9.61 Å². The van der Waals surface area contributed by atoms with E-state index in [0.717, 1.165) is 32.7 Å². The topological polar surface area (TPSA) is 70.8 Å². The van der Waals surface area contributed by atoms with E-state index in [4.69, 9.17) is 19.3 Å². The Kier molecular flexibility index (Phi) is 5.12. The van der Waals surface area contributed by atoms with Gasteiger partial charge in [0.1, 0.15) is 10.8 Å². The third kappa shape index (κ3) is 3.50. The summed E-state index contributed by atoms with van der Waals surface area (Å²) in [6, 6.07) is 13.7. The number of fused-ring (bicyclic) bond motifs is 1. The fourth-order valence-electron chi connectivity index (χ4n) is 2.92. The molecule has 7 nitrogen and oxygen atoms in total. The van der Waals surface area contributed by atoms with Gasteiger partial charge in [0, 0.05) is 12.0 Å². The Hall–Kier alpha value is -3.13. The van der Waals surface area contributed by atoms with Crippen LogP contribution in [-0.2, 0) is 6.42 Å². The first kappa shape index (κ1) is 18.2. The highest BCUT2D eigenvalue weighted by Crippen LogP contribution is 2.30. The predicted octanol–water partition coefficient (Wildman–Crippen LogP) is 3.86. The van der Waals surface area contributed by atoms with Crippen molar-refractivity contribution in [2.75, 3.05) is 20.8 Å². The van der Waals surface area contributed by atoms with E-state index in [1.54, 1.807) is 18.7 Å². The van der Waals surface area contributed by atoms with Crippen LogP contribution < -0.4 is 14.2 Å². The molecule has 0 fully saturated rings. The maximum absolute atomic E-state index is 5.50. The second-order valence-corrected chi connectivity index (χ2v) is 7.00. The van der Waals surface area contributed by atoms with Crippen molar-refractivity contribution in [3.05, 3.63) is 53.9 Å². The average molecular weight is 396 g/mol. The molecule has 0 saturated carbocycles. The molecule has 0 radical (unpaired) electrons. The summed E-state index contributed by atoms with van der Waals surface area (Å²) < 4.78 is 18.0. The zero-order valence-electron chi connectivity index (χ0n) is 15.9. The lowest BCUT2D eigenvalue weighted by molar-refractivity contribution is 0.340. The minimum absolute atomic E-state index is 0.591. The van der Waals surface area contributed by atoms with Crippen LogP contribution in [0.4, 0.5) is 0 Å². The fraction of sp³-hybridized carbons (Fsp3) is 0.250. The molecule has 0 spiro atoms. The SMILES string of the molecule is CCOc1ccc(-c2nn3c(Cc4ccc(OC)c(OC)c4)nnc3s2)cc1. The summed E-state index contributed by atoms with van der Waals surface area (Å²) in [4.78, 5) is 0.763. The van der Waals surface area contributed by atoms with Crippen molar-refractivity contribution in [1.29, 1.82) is 0 Å². The van der Waals surface area contributed by atoms with Crippen LogP contribution in [0.2, 0.25) is 0 Å². The Morgan fingerprint density at radius 3 is 2.46 bits per heavy atom. The lowest BCUT2D eigenvalue weighted by Crippen LogP contribution is -1.99. The Labute approximate surface area is 166 Å². The second kappa shape index (κ2) is 7.85. The van der Waals surface area contributed by atoms with Crippen LogP contribution in [0.15, 0.2) is 42.5 Å². The summed E-state index contributed by atoms with van der Waals surface area (Å²) in [5, 5.41) is 14.2. The molecule has 2 aromatic heterocycles. The molecule has 4 aromatic rings. The molecule has 0 aliphatic carbocycles. The number of methoxy groups -OCH3 is 2. The monoisotopic (exact) mass is 396 g/mol. The van der Waals surface area contributed by atoms with Crippen molar-refractivity contribution in [2.24, 2.45) is 0 Å². The minimum atomic E-state index is 0.591. The summed E-state index contributed by atoms with van der Waals surface area (Å²) in [7, 11) is 3.25. The van der Waals surface area contributed by atoms with Gasteiger partial charge in [-0.1, -0.05) is 17.4 Å². The predicted molar refractivity (Wildman–Crippen MR) is 108 cm³/mol. The maximum atomic E-state index is 5.50. The summed E-state index contributed by atoms with van der Waals surface area (Å²) in [6.45, 7) is 2.62. The molecule has 0 aliphatic heterocycles. The lowest BCUT2D eigenvalue weighted by atomic mass is 10.1. The van der Waals surface area contributed by atoms with Gasteiger partial charge in [-0.3, -0.25) is 0 Å². The van der Waals surface area contributed by atoms with Gasteiger partial charge < -0.3 is 14.2 Å². The molecule has 0 saturated heterocycles. The van der Waals surface area contributed by atoms with Crippen molar-refractivity contribution >= 4 is 16.3 Å². The molecule has 0 bridgehead atoms. The zero-order chi connectivity index (χ0) is 19.5. The molecule has 28 heavy (non-hydrogen) atoms. The van der Waals surface area contributed by atoms with Crippen LogP contribution in [-0.4, -0.2) is 40.6 Å². The van der Waals surface area contributed by atoms with Crippen LogP contribution in [0.1, 0.15) is 18.3 Å². The summed E-state index contributed by atoms with van der Waals surface area (Å²) in [6.07, 6.45) is 0.591. The van der Waals surface area contributed by atoms with Crippen LogP contribution in [0.5, 0.6) is 17.2 Å². The normalized spacial score (nSPS) is 11.0. The van der Waals surface area contributed by atoms with Crippen molar-refractivity contribution < 1.29 is 14.2 Å². The number of hydrogen-bond acceptors (Lipinski definition) is 7. The quantitative estimate of drug-likeness (QED) is 0.472. The lowest BCUT2D eigenvalue weighted by Gasteiger charge is -2.08. The van der Waals surface area contributed by atoms with Crippen molar-refractivity contribution in [2.45, 2.75) is 13.3 Å². The third-order valence-electron chi connectivity index (χ3n) is 4.28. The Morgan fingerprint density at radius 2 is 1.75 bits per heavy atom. The number of nitrogens with zero attached hydrogens (tertiary/aromatic N) is 4. The number of rotatable bonds is 7. The number of hydrogen-bond donors (Lipinski definition) is 0. The molecule has 144 valence electrons. The highest BCUT2D eigenvalue weighted by atomic mass is 32.1. The molecule has 0 unspecified atom stereocenters. The highest BCUT2D eigenvalue weighted by molar-refractivity contribution is 7.19. The number of aromatic nitrogens is 4. The van der Waals surface area contributed by atoms with E-state index in [9.17, 15) is 0 Å². The highest BCUT2D eigenvalue weighted by Gasteiger charge is 2.14. The van der Waals surface area contributed by atoms with E-state index < -0.39 is 0 Å². The third-order valence-corrected chi connectivity index (χ3v) is 5.23. The average Bonchev–Trinajstić information content (AvgIpc) is 3.31. The molecule has 0 atom stereocenters. The largest absolute Gasteiger partial charge is 0.494 e. The molecule has 0 amide bonds. The first-order valence-electron chi connectivity index (χ1n) is 8.87. The van der Waals surface area contributed by atoms with E-state index in [1.807, 2.05) is 49.4 Å². The van der Waals surface area contributed by atoms with Crippen LogP contribution in [0, 0.1) is 0 Å².